The highest BCUT2D eigenvalue weighted by Gasteiger charge is 2.39. The van der Waals surface area contributed by atoms with E-state index in [1.54, 1.807) is 0 Å². The molecule has 0 N–H and O–H groups in total. The van der Waals surface area contributed by atoms with Gasteiger partial charge in [0.2, 0.25) is 0 Å². The predicted molar refractivity (Wildman–Crippen MR) is 52.6 cm³/mol. The maximum atomic E-state index is 11.1. The van der Waals surface area contributed by atoms with Crippen molar-refractivity contribution < 1.29 is 12.9 Å². The van der Waals surface area contributed by atoms with E-state index in [1.807, 2.05) is 0 Å². The monoisotopic (exact) mass is 223 g/mol. The van der Waals surface area contributed by atoms with Crippen LogP contribution in [0.25, 0.3) is 0 Å². The maximum absolute atomic E-state index is 11.1. The summed E-state index contributed by atoms with van der Waals surface area (Å²) < 4.78 is 29.9. The first kappa shape index (κ1) is 9.84. The first-order chi connectivity index (χ1) is 6.06. The lowest BCUT2D eigenvalue weighted by molar-refractivity contribution is 0.236. The molecule has 3 atom stereocenters. The van der Waals surface area contributed by atoms with Crippen LogP contribution in [0, 0.1) is 0 Å². The van der Waals surface area contributed by atoms with Crippen molar-refractivity contribution in [1.29, 1.82) is 0 Å². The summed E-state index contributed by atoms with van der Waals surface area (Å²) in [5.41, 5.74) is 0. The third kappa shape index (κ3) is 2.21. The SMILES string of the molecule is CS(=O)(=O)C[C@H]1OPN2CCCC12. The lowest BCUT2D eigenvalue weighted by Gasteiger charge is -2.15. The zero-order valence-electron chi connectivity index (χ0n) is 7.56. The standard InChI is InChI=1S/C7H14NO3PS/c1-13(9,10)5-7-6-3-2-4-8(6)12-11-7/h6-7,12H,2-5H2,1H3/t6?,7-/m1/s1. The Hall–Kier alpha value is 0.300. The first-order valence-electron chi connectivity index (χ1n) is 4.42. The van der Waals surface area contributed by atoms with Gasteiger partial charge in [-0.3, -0.25) is 4.67 Å². The second-order valence-electron chi connectivity index (χ2n) is 3.74. The molecule has 2 fully saturated rings. The van der Waals surface area contributed by atoms with Gasteiger partial charge in [0, 0.05) is 18.8 Å². The van der Waals surface area contributed by atoms with Crippen molar-refractivity contribution >= 4 is 18.8 Å². The Kier molecular flexibility index (Phi) is 2.62. The van der Waals surface area contributed by atoms with Gasteiger partial charge in [-0.25, -0.2) is 8.42 Å². The van der Waals surface area contributed by atoms with Crippen LogP contribution >= 0.6 is 8.96 Å². The topological polar surface area (TPSA) is 46.6 Å². The molecule has 2 aliphatic heterocycles. The van der Waals surface area contributed by atoms with E-state index in [1.165, 1.54) is 12.7 Å². The molecule has 2 saturated heterocycles. The number of hydrogen-bond acceptors (Lipinski definition) is 4. The molecule has 0 spiro atoms. The molecule has 0 aromatic rings. The summed E-state index contributed by atoms with van der Waals surface area (Å²) in [7, 11) is -2.52. The minimum Gasteiger partial charge on any atom is -0.340 e. The Morgan fingerprint density at radius 3 is 3.08 bits per heavy atom. The smallest absolute Gasteiger partial charge is 0.150 e. The maximum Gasteiger partial charge on any atom is 0.150 e. The molecule has 0 aromatic heterocycles. The molecule has 2 heterocycles. The Morgan fingerprint density at radius 1 is 1.62 bits per heavy atom. The van der Waals surface area contributed by atoms with Crippen LogP contribution in [-0.2, 0) is 14.4 Å². The number of sulfone groups is 1. The van der Waals surface area contributed by atoms with Crippen LogP contribution in [0.4, 0.5) is 0 Å². The lowest BCUT2D eigenvalue weighted by Crippen LogP contribution is -2.33. The van der Waals surface area contributed by atoms with E-state index >= 15 is 0 Å². The zero-order valence-corrected chi connectivity index (χ0v) is 9.38. The van der Waals surface area contributed by atoms with Crippen molar-refractivity contribution in [1.82, 2.24) is 4.67 Å². The van der Waals surface area contributed by atoms with Gasteiger partial charge >= 0.3 is 0 Å². The molecular formula is C7H14NO3PS. The van der Waals surface area contributed by atoms with Gasteiger partial charge in [0.15, 0.2) is 0 Å². The number of rotatable bonds is 2. The van der Waals surface area contributed by atoms with Gasteiger partial charge in [0.25, 0.3) is 0 Å². The van der Waals surface area contributed by atoms with Gasteiger partial charge < -0.3 is 4.52 Å². The molecule has 76 valence electrons. The molecule has 2 unspecified atom stereocenters. The van der Waals surface area contributed by atoms with Gasteiger partial charge in [-0.1, -0.05) is 0 Å². The first-order valence-corrected chi connectivity index (χ1v) is 7.33. The molecule has 0 aromatic carbocycles. The minimum atomic E-state index is -2.89. The molecule has 4 nitrogen and oxygen atoms in total. The quantitative estimate of drug-likeness (QED) is 0.636. The minimum absolute atomic E-state index is 0.0733. The van der Waals surface area contributed by atoms with Crippen molar-refractivity contribution in [3.63, 3.8) is 0 Å². The van der Waals surface area contributed by atoms with Crippen molar-refractivity contribution in [2.45, 2.75) is 25.0 Å². The third-order valence-corrected chi connectivity index (χ3v) is 4.65. The summed E-state index contributed by atoms with van der Waals surface area (Å²) in [5, 5.41) is 0. The molecule has 2 aliphatic rings. The average molecular weight is 223 g/mol. The third-order valence-electron chi connectivity index (χ3n) is 2.52. The van der Waals surface area contributed by atoms with E-state index in [0.717, 1.165) is 13.0 Å². The van der Waals surface area contributed by atoms with E-state index in [4.69, 9.17) is 4.52 Å². The van der Waals surface area contributed by atoms with Gasteiger partial charge in [-0.2, -0.15) is 0 Å². The molecule has 13 heavy (non-hydrogen) atoms. The van der Waals surface area contributed by atoms with E-state index in [9.17, 15) is 8.42 Å². The van der Waals surface area contributed by atoms with Crippen LogP contribution in [0.2, 0.25) is 0 Å². The highest BCUT2D eigenvalue weighted by Crippen LogP contribution is 2.41. The van der Waals surface area contributed by atoms with Crippen molar-refractivity contribution in [2.24, 2.45) is 0 Å². The van der Waals surface area contributed by atoms with E-state index < -0.39 is 9.84 Å². The summed E-state index contributed by atoms with van der Waals surface area (Å²) in [6.45, 7) is 1.07. The van der Waals surface area contributed by atoms with Crippen LogP contribution in [0.5, 0.6) is 0 Å². The van der Waals surface area contributed by atoms with Crippen molar-refractivity contribution in [3.8, 4) is 0 Å². The van der Waals surface area contributed by atoms with Crippen LogP contribution < -0.4 is 0 Å². The van der Waals surface area contributed by atoms with E-state index in [-0.39, 0.29) is 11.9 Å². The summed E-state index contributed by atoms with van der Waals surface area (Å²) in [6.07, 6.45) is 3.47. The lowest BCUT2D eigenvalue weighted by atomic mass is 10.1. The van der Waals surface area contributed by atoms with Crippen LogP contribution in [0.1, 0.15) is 12.8 Å². The van der Waals surface area contributed by atoms with Gasteiger partial charge in [-0.05, 0) is 12.8 Å². The Balaban J connectivity index is 2.01. The van der Waals surface area contributed by atoms with E-state index in [2.05, 4.69) is 4.67 Å². The fraction of sp³-hybridized carbons (Fsp3) is 1.00. The number of hydrogen-bond donors (Lipinski definition) is 0. The normalized spacial score (nSPS) is 37.0. The Morgan fingerprint density at radius 2 is 2.38 bits per heavy atom. The van der Waals surface area contributed by atoms with Crippen molar-refractivity contribution in [3.05, 3.63) is 0 Å². The van der Waals surface area contributed by atoms with Gasteiger partial charge in [0.05, 0.1) is 20.8 Å². The Bertz CT molecular complexity index is 292. The fourth-order valence-electron chi connectivity index (χ4n) is 1.95. The van der Waals surface area contributed by atoms with Crippen LogP contribution in [0.15, 0.2) is 0 Å². The van der Waals surface area contributed by atoms with E-state index in [0.29, 0.717) is 15.0 Å². The van der Waals surface area contributed by atoms with Gasteiger partial charge in [0.1, 0.15) is 9.84 Å². The fourth-order valence-corrected chi connectivity index (χ4v) is 4.15. The van der Waals surface area contributed by atoms with Crippen LogP contribution in [0.3, 0.4) is 0 Å². The summed E-state index contributed by atoms with van der Waals surface area (Å²) in [5.74, 6) is 0.182. The second-order valence-corrected chi connectivity index (χ2v) is 6.92. The largest absolute Gasteiger partial charge is 0.340 e. The zero-order chi connectivity index (χ0) is 9.47. The highest BCUT2D eigenvalue weighted by atomic mass is 32.2. The average Bonchev–Trinajstić information content (AvgIpc) is 2.50. The number of nitrogens with zero attached hydrogens (tertiary/aromatic N) is 1. The molecule has 0 amide bonds. The summed E-state index contributed by atoms with van der Waals surface area (Å²) >= 11 is 0. The van der Waals surface area contributed by atoms with Gasteiger partial charge in [-0.15, -0.1) is 0 Å². The molecule has 6 heteroatoms. The van der Waals surface area contributed by atoms with Crippen molar-refractivity contribution in [2.75, 3.05) is 18.6 Å². The molecule has 2 rings (SSSR count). The predicted octanol–water partition coefficient (Wildman–Crippen LogP) is 0.403. The molecule has 0 aliphatic carbocycles. The van der Waals surface area contributed by atoms with Crippen LogP contribution in [-0.4, -0.2) is 43.8 Å². The summed E-state index contributed by atoms with van der Waals surface area (Å²) in [6, 6.07) is 0.369. The molecule has 0 saturated carbocycles. The number of fused-ring (bicyclic) bond motifs is 1. The highest BCUT2D eigenvalue weighted by molar-refractivity contribution is 7.90. The molecular weight excluding hydrogens is 209 g/mol. The summed E-state index contributed by atoms with van der Waals surface area (Å²) in [4.78, 5) is 0. The second kappa shape index (κ2) is 3.46. The Labute approximate surface area is 80.5 Å². The molecule has 0 bridgehead atoms. The molecule has 0 radical (unpaired) electrons.